The Kier molecular flexibility index (Phi) is 11.0. The van der Waals surface area contributed by atoms with Gasteiger partial charge in [0.25, 0.3) is 0 Å². The molecular formula is C17H29N7O6. The van der Waals surface area contributed by atoms with Crippen molar-refractivity contribution < 1.29 is 29.4 Å². The average Bonchev–Trinajstić information content (AvgIpc) is 3.22. The maximum atomic E-state index is 12.5. The van der Waals surface area contributed by atoms with Crippen molar-refractivity contribution in [2.24, 2.45) is 11.5 Å². The van der Waals surface area contributed by atoms with E-state index in [4.69, 9.17) is 16.6 Å². The predicted octanol–water partition coefficient (Wildman–Crippen LogP) is -3.43. The van der Waals surface area contributed by atoms with Crippen molar-refractivity contribution in [2.75, 3.05) is 19.7 Å². The Balaban J connectivity index is 2.68. The Morgan fingerprint density at radius 2 is 1.80 bits per heavy atom. The zero-order chi connectivity index (χ0) is 22.5. The van der Waals surface area contributed by atoms with Gasteiger partial charge in [0.1, 0.15) is 18.6 Å². The SMILES string of the molecule is NCCCCC(NC(=O)C(CO)NC(=O)C(N)Cc1cnc[nH]1)C(=O)NCC(=O)O. The Labute approximate surface area is 173 Å². The molecule has 0 aromatic carbocycles. The summed E-state index contributed by atoms with van der Waals surface area (Å²) in [4.78, 5) is 54.2. The molecule has 1 heterocycles. The molecule has 3 atom stereocenters. The van der Waals surface area contributed by atoms with E-state index in [9.17, 15) is 24.3 Å². The summed E-state index contributed by atoms with van der Waals surface area (Å²) in [6, 6.07) is -3.38. The molecule has 13 nitrogen and oxygen atoms in total. The van der Waals surface area contributed by atoms with Gasteiger partial charge in [-0.3, -0.25) is 19.2 Å². The van der Waals surface area contributed by atoms with Crippen molar-refractivity contribution in [3.05, 3.63) is 18.2 Å². The number of imidazole rings is 1. The Morgan fingerprint density at radius 3 is 2.37 bits per heavy atom. The smallest absolute Gasteiger partial charge is 0.322 e. The fourth-order valence-electron chi connectivity index (χ4n) is 2.52. The van der Waals surface area contributed by atoms with E-state index in [2.05, 4.69) is 25.9 Å². The van der Waals surface area contributed by atoms with E-state index in [1.165, 1.54) is 12.5 Å². The lowest BCUT2D eigenvalue weighted by atomic mass is 10.1. The summed E-state index contributed by atoms with van der Waals surface area (Å²) in [5.41, 5.74) is 11.9. The van der Waals surface area contributed by atoms with E-state index in [0.717, 1.165) is 0 Å². The van der Waals surface area contributed by atoms with Gasteiger partial charge in [0.15, 0.2) is 0 Å². The van der Waals surface area contributed by atoms with Gasteiger partial charge < -0.3 is 42.6 Å². The van der Waals surface area contributed by atoms with Gasteiger partial charge in [-0.1, -0.05) is 0 Å². The van der Waals surface area contributed by atoms with Crippen molar-refractivity contribution in [3.63, 3.8) is 0 Å². The number of carboxylic acids is 1. The van der Waals surface area contributed by atoms with Crippen LogP contribution in [-0.2, 0) is 25.6 Å². The molecule has 0 fully saturated rings. The number of aromatic amines is 1. The van der Waals surface area contributed by atoms with Gasteiger partial charge in [-0.15, -0.1) is 0 Å². The number of aliphatic hydroxyl groups is 1. The van der Waals surface area contributed by atoms with Crippen LogP contribution in [0.5, 0.6) is 0 Å². The summed E-state index contributed by atoms with van der Waals surface area (Å²) in [7, 11) is 0. The number of aliphatic hydroxyl groups excluding tert-OH is 1. The number of nitrogens with zero attached hydrogens (tertiary/aromatic N) is 1. The minimum absolute atomic E-state index is 0.144. The highest BCUT2D eigenvalue weighted by molar-refractivity contribution is 5.93. The number of hydrogen-bond donors (Lipinski definition) is 8. The van der Waals surface area contributed by atoms with Crippen LogP contribution in [0.3, 0.4) is 0 Å². The molecule has 0 aliphatic rings. The molecule has 0 spiro atoms. The molecule has 13 heteroatoms. The van der Waals surface area contributed by atoms with Gasteiger partial charge in [-0.25, -0.2) is 4.98 Å². The van der Waals surface area contributed by atoms with Crippen LogP contribution < -0.4 is 27.4 Å². The van der Waals surface area contributed by atoms with Gasteiger partial charge in [0.05, 0.1) is 19.0 Å². The van der Waals surface area contributed by atoms with Crippen molar-refractivity contribution in [2.45, 2.75) is 43.8 Å². The molecule has 1 rings (SSSR count). The number of aliphatic carboxylic acids is 1. The largest absolute Gasteiger partial charge is 0.480 e. The highest BCUT2D eigenvalue weighted by Gasteiger charge is 2.27. The molecule has 3 unspecified atom stereocenters. The van der Waals surface area contributed by atoms with Gasteiger partial charge in [0, 0.05) is 18.3 Å². The predicted molar refractivity (Wildman–Crippen MR) is 105 cm³/mol. The zero-order valence-corrected chi connectivity index (χ0v) is 16.5. The number of hydrogen-bond acceptors (Lipinski definition) is 8. The monoisotopic (exact) mass is 427 g/mol. The number of aromatic nitrogens is 2. The van der Waals surface area contributed by atoms with E-state index in [1.54, 1.807) is 0 Å². The van der Waals surface area contributed by atoms with Crippen molar-refractivity contribution in [3.8, 4) is 0 Å². The van der Waals surface area contributed by atoms with Gasteiger partial charge in [0.2, 0.25) is 17.7 Å². The third-order valence-electron chi connectivity index (χ3n) is 4.14. The topological polar surface area (TPSA) is 226 Å². The van der Waals surface area contributed by atoms with Crippen molar-refractivity contribution >= 4 is 23.7 Å². The highest BCUT2D eigenvalue weighted by Crippen LogP contribution is 2.02. The number of H-pyrrole nitrogens is 1. The maximum Gasteiger partial charge on any atom is 0.322 e. The summed E-state index contributed by atoms with van der Waals surface area (Å²) in [6.07, 6.45) is 4.40. The average molecular weight is 427 g/mol. The molecule has 30 heavy (non-hydrogen) atoms. The van der Waals surface area contributed by atoms with Crippen LogP contribution in [0.25, 0.3) is 0 Å². The molecule has 0 bridgehead atoms. The molecule has 1 aromatic heterocycles. The first-order valence-electron chi connectivity index (χ1n) is 9.42. The quantitative estimate of drug-likeness (QED) is 0.138. The Hall–Kier alpha value is -3.03. The number of rotatable bonds is 14. The summed E-state index contributed by atoms with van der Waals surface area (Å²) in [6.45, 7) is -0.938. The second-order valence-electron chi connectivity index (χ2n) is 6.59. The first-order chi connectivity index (χ1) is 14.3. The molecule has 0 aliphatic carbocycles. The van der Waals surface area contributed by atoms with Crippen LogP contribution in [0.4, 0.5) is 0 Å². The molecule has 0 radical (unpaired) electrons. The molecule has 0 saturated carbocycles. The molecule has 0 aliphatic heterocycles. The summed E-state index contributed by atoms with van der Waals surface area (Å²) >= 11 is 0. The normalized spacial score (nSPS) is 13.7. The van der Waals surface area contributed by atoms with Crippen molar-refractivity contribution in [1.29, 1.82) is 0 Å². The van der Waals surface area contributed by atoms with Crippen LogP contribution in [0, 0.1) is 0 Å². The standard InChI is InChI=1S/C17H29N7O6/c18-4-2-1-3-12(16(29)21-7-14(26)27)23-17(30)13(8-25)24-15(28)11(19)5-10-6-20-9-22-10/h6,9,11-13,25H,1-5,7-8,18-19H2,(H,20,22)(H,21,29)(H,23,30)(H,24,28)(H,26,27). The highest BCUT2D eigenvalue weighted by atomic mass is 16.4. The number of nitrogens with one attached hydrogen (secondary N) is 4. The van der Waals surface area contributed by atoms with Crippen molar-refractivity contribution in [1.82, 2.24) is 25.9 Å². The third-order valence-corrected chi connectivity index (χ3v) is 4.14. The summed E-state index contributed by atoms with van der Waals surface area (Å²) < 4.78 is 0. The number of amides is 3. The number of carbonyl (C=O) groups is 4. The maximum absolute atomic E-state index is 12.5. The minimum Gasteiger partial charge on any atom is -0.480 e. The number of nitrogens with two attached hydrogens (primary N) is 2. The molecule has 10 N–H and O–H groups in total. The van der Waals surface area contributed by atoms with Crippen LogP contribution in [0.1, 0.15) is 25.0 Å². The number of carboxylic acid groups (broad SMARTS) is 1. The van der Waals surface area contributed by atoms with E-state index < -0.39 is 55.0 Å². The lowest BCUT2D eigenvalue weighted by Gasteiger charge is -2.23. The molecule has 1 aromatic rings. The second kappa shape index (κ2) is 13.2. The van der Waals surface area contributed by atoms with Gasteiger partial charge in [-0.2, -0.15) is 0 Å². The molecule has 3 amide bonds. The third kappa shape index (κ3) is 8.98. The Bertz CT molecular complexity index is 697. The molecular weight excluding hydrogens is 398 g/mol. The summed E-state index contributed by atoms with van der Waals surface area (Å²) in [5.74, 6) is -3.40. The second-order valence-corrected chi connectivity index (χ2v) is 6.59. The molecule has 168 valence electrons. The van der Waals surface area contributed by atoms with E-state index >= 15 is 0 Å². The van der Waals surface area contributed by atoms with Crippen LogP contribution in [-0.4, -0.2) is 81.7 Å². The van der Waals surface area contributed by atoms with Gasteiger partial charge >= 0.3 is 5.97 Å². The summed E-state index contributed by atoms with van der Waals surface area (Å²) in [5, 5.41) is 25.1. The fourth-order valence-corrected chi connectivity index (χ4v) is 2.52. The van der Waals surface area contributed by atoms with E-state index in [1.807, 2.05) is 0 Å². The van der Waals surface area contributed by atoms with Gasteiger partial charge in [-0.05, 0) is 25.8 Å². The minimum atomic E-state index is -1.34. The molecule has 0 saturated heterocycles. The lowest BCUT2D eigenvalue weighted by Crippen LogP contribution is -2.57. The Morgan fingerprint density at radius 1 is 1.10 bits per heavy atom. The number of unbranched alkanes of at least 4 members (excludes halogenated alkanes) is 1. The lowest BCUT2D eigenvalue weighted by molar-refractivity contribution is -0.138. The van der Waals surface area contributed by atoms with Crippen LogP contribution in [0.2, 0.25) is 0 Å². The van der Waals surface area contributed by atoms with E-state index in [-0.39, 0.29) is 12.8 Å². The zero-order valence-electron chi connectivity index (χ0n) is 16.5. The fraction of sp³-hybridized carbons (Fsp3) is 0.588. The van der Waals surface area contributed by atoms with Crippen LogP contribution in [0.15, 0.2) is 12.5 Å². The number of carbonyl (C=O) groups excluding carboxylic acids is 3. The first kappa shape index (κ1) is 25.0. The van der Waals surface area contributed by atoms with Crippen LogP contribution >= 0.6 is 0 Å². The first-order valence-corrected chi connectivity index (χ1v) is 9.42. The van der Waals surface area contributed by atoms with E-state index in [0.29, 0.717) is 25.1 Å².